The molecule has 0 spiro atoms. The van der Waals surface area contributed by atoms with E-state index in [9.17, 15) is 9.59 Å². The van der Waals surface area contributed by atoms with Crippen molar-refractivity contribution in [3.05, 3.63) is 5.56 Å². The van der Waals surface area contributed by atoms with Gasteiger partial charge in [0.1, 0.15) is 15.6 Å². The van der Waals surface area contributed by atoms with E-state index in [4.69, 9.17) is 5.73 Å². The number of unbranched alkanes of at least 4 members (excludes halogenated alkanes) is 2. The third-order valence-corrected chi connectivity index (χ3v) is 6.20. The lowest BCUT2D eigenvalue weighted by molar-refractivity contribution is 0.0998. The third-order valence-electron chi connectivity index (χ3n) is 4.26. The molecule has 26 heavy (non-hydrogen) atoms. The molecule has 7 nitrogen and oxygen atoms in total. The van der Waals surface area contributed by atoms with E-state index >= 15 is 0 Å². The molecule has 9 heteroatoms. The van der Waals surface area contributed by atoms with Crippen molar-refractivity contribution in [3.63, 3.8) is 0 Å². The molecule has 1 aromatic rings. The number of nitrogens with one attached hydrogen (secondary N) is 2. The van der Waals surface area contributed by atoms with E-state index in [1.165, 1.54) is 24.6 Å². The van der Waals surface area contributed by atoms with Gasteiger partial charge in [-0.05, 0) is 62.6 Å². The number of carbonyl (C=O) groups is 2. The number of urea groups is 1. The molecular weight excluding hydrogens is 370 g/mol. The van der Waals surface area contributed by atoms with Crippen molar-refractivity contribution in [2.75, 3.05) is 37.2 Å². The van der Waals surface area contributed by atoms with Crippen molar-refractivity contribution in [3.8, 4) is 0 Å². The molecule has 0 atom stereocenters. The number of thioether (sulfide) groups is 1. The first-order valence-corrected chi connectivity index (χ1v) is 11.1. The van der Waals surface area contributed by atoms with Crippen LogP contribution in [0.3, 0.4) is 0 Å². The number of likely N-dealkylation sites (tertiary alicyclic amines) is 1. The Hall–Kier alpha value is -1.32. The Kier molecular flexibility index (Phi) is 9.21. The molecule has 1 saturated heterocycles. The molecule has 3 amide bonds. The van der Waals surface area contributed by atoms with Gasteiger partial charge in [-0.25, -0.2) is 4.79 Å². The number of carbonyl (C=O) groups excluding carboxylic acids is 2. The van der Waals surface area contributed by atoms with Gasteiger partial charge in [-0.3, -0.25) is 10.1 Å². The highest BCUT2D eigenvalue weighted by molar-refractivity contribution is 7.99. The van der Waals surface area contributed by atoms with E-state index in [0.717, 1.165) is 62.6 Å². The van der Waals surface area contributed by atoms with Crippen molar-refractivity contribution in [2.45, 2.75) is 50.5 Å². The zero-order chi connectivity index (χ0) is 18.8. The highest BCUT2D eigenvalue weighted by atomic mass is 32.2. The molecule has 2 rings (SSSR count). The lowest BCUT2D eigenvalue weighted by Crippen LogP contribution is -2.32. The van der Waals surface area contributed by atoms with Gasteiger partial charge < -0.3 is 16.0 Å². The van der Waals surface area contributed by atoms with Gasteiger partial charge in [-0.1, -0.05) is 19.8 Å². The molecule has 0 aromatic carbocycles. The number of anilines is 1. The van der Waals surface area contributed by atoms with Crippen molar-refractivity contribution < 1.29 is 9.59 Å². The fraction of sp³-hybridized carbons (Fsp3) is 0.706. The Labute approximate surface area is 163 Å². The summed E-state index contributed by atoms with van der Waals surface area (Å²) in [7, 11) is 0. The number of amides is 3. The highest BCUT2D eigenvalue weighted by Crippen LogP contribution is 2.32. The van der Waals surface area contributed by atoms with Crippen LogP contribution in [0.25, 0.3) is 0 Å². The molecule has 1 aliphatic rings. The number of hydrogen-bond acceptors (Lipinski definition) is 6. The SMILES string of the molecule is CCCCCSc1nsc(NC(=O)NCCCN2CCCC2)c1C(N)=O. The zero-order valence-electron chi connectivity index (χ0n) is 15.4. The predicted molar refractivity (Wildman–Crippen MR) is 108 cm³/mol. The summed E-state index contributed by atoms with van der Waals surface area (Å²) in [5, 5.41) is 6.59. The molecule has 146 valence electrons. The summed E-state index contributed by atoms with van der Waals surface area (Å²) in [6, 6.07) is -0.319. The van der Waals surface area contributed by atoms with Crippen LogP contribution in [0.2, 0.25) is 0 Å². The van der Waals surface area contributed by atoms with Crippen LogP contribution in [-0.2, 0) is 0 Å². The maximum Gasteiger partial charge on any atom is 0.319 e. The molecule has 1 aromatic heterocycles. The number of hydrogen-bond donors (Lipinski definition) is 3. The molecule has 0 bridgehead atoms. The Morgan fingerprint density at radius 3 is 2.73 bits per heavy atom. The van der Waals surface area contributed by atoms with Crippen LogP contribution in [0.1, 0.15) is 55.8 Å². The van der Waals surface area contributed by atoms with Crippen LogP contribution in [0.15, 0.2) is 5.03 Å². The Morgan fingerprint density at radius 1 is 1.27 bits per heavy atom. The molecule has 2 heterocycles. The summed E-state index contributed by atoms with van der Waals surface area (Å²) in [5.74, 6) is 0.334. The number of nitrogens with two attached hydrogens (primary N) is 1. The number of primary amides is 1. The highest BCUT2D eigenvalue weighted by Gasteiger charge is 2.20. The van der Waals surface area contributed by atoms with Crippen LogP contribution in [0, 0.1) is 0 Å². The first-order chi connectivity index (χ1) is 12.6. The fourth-order valence-electron chi connectivity index (χ4n) is 2.86. The van der Waals surface area contributed by atoms with Gasteiger partial charge in [0.2, 0.25) is 0 Å². The topological polar surface area (TPSA) is 100 Å². The van der Waals surface area contributed by atoms with Gasteiger partial charge in [0.25, 0.3) is 5.91 Å². The van der Waals surface area contributed by atoms with Gasteiger partial charge in [0.15, 0.2) is 0 Å². The Morgan fingerprint density at radius 2 is 2.04 bits per heavy atom. The largest absolute Gasteiger partial charge is 0.365 e. The van der Waals surface area contributed by atoms with Gasteiger partial charge in [-0.15, -0.1) is 11.8 Å². The minimum atomic E-state index is -0.555. The van der Waals surface area contributed by atoms with E-state index < -0.39 is 5.91 Å². The smallest absolute Gasteiger partial charge is 0.319 e. The van der Waals surface area contributed by atoms with Gasteiger partial charge in [0.05, 0.1) is 0 Å². The summed E-state index contributed by atoms with van der Waals surface area (Å²) in [5.41, 5.74) is 5.82. The average Bonchev–Trinajstić information content (AvgIpc) is 3.25. The lowest BCUT2D eigenvalue weighted by atomic mass is 10.3. The minimum Gasteiger partial charge on any atom is -0.365 e. The van der Waals surface area contributed by atoms with Crippen molar-refractivity contribution >= 4 is 40.2 Å². The van der Waals surface area contributed by atoms with Gasteiger partial charge in [-0.2, -0.15) is 4.37 Å². The fourth-order valence-corrected chi connectivity index (χ4v) is 4.82. The van der Waals surface area contributed by atoms with E-state index in [-0.39, 0.29) is 6.03 Å². The summed E-state index contributed by atoms with van der Waals surface area (Å²) >= 11 is 2.62. The van der Waals surface area contributed by atoms with Crippen LogP contribution in [-0.4, -0.2) is 53.1 Å². The van der Waals surface area contributed by atoms with Crippen LogP contribution >= 0.6 is 23.3 Å². The van der Waals surface area contributed by atoms with E-state index in [1.807, 2.05) is 0 Å². The minimum absolute atomic E-state index is 0.319. The maximum absolute atomic E-state index is 12.1. The van der Waals surface area contributed by atoms with Crippen LogP contribution < -0.4 is 16.4 Å². The van der Waals surface area contributed by atoms with Crippen molar-refractivity contribution in [1.29, 1.82) is 0 Å². The van der Waals surface area contributed by atoms with Crippen molar-refractivity contribution in [2.24, 2.45) is 5.73 Å². The van der Waals surface area contributed by atoms with E-state index in [1.54, 1.807) is 0 Å². The van der Waals surface area contributed by atoms with Gasteiger partial charge >= 0.3 is 6.03 Å². The maximum atomic E-state index is 12.1. The molecular formula is C17H29N5O2S2. The number of nitrogens with zero attached hydrogens (tertiary/aromatic N) is 2. The molecule has 0 saturated carbocycles. The normalized spacial score (nSPS) is 14.5. The first-order valence-electron chi connectivity index (χ1n) is 9.31. The second kappa shape index (κ2) is 11.4. The van der Waals surface area contributed by atoms with Crippen LogP contribution in [0.4, 0.5) is 9.80 Å². The summed E-state index contributed by atoms with van der Waals surface area (Å²) in [6.45, 7) is 6.08. The quantitative estimate of drug-likeness (QED) is 0.392. The average molecular weight is 400 g/mol. The second-order valence-electron chi connectivity index (χ2n) is 6.39. The lowest BCUT2D eigenvalue weighted by Gasteiger charge is -2.14. The van der Waals surface area contributed by atoms with E-state index in [2.05, 4.69) is 26.8 Å². The van der Waals surface area contributed by atoms with Crippen LogP contribution in [0.5, 0.6) is 0 Å². The molecule has 1 fully saturated rings. The van der Waals surface area contributed by atoms with Gasteiger partial charge in [0, 0.05) is 6.54 Å². The third kappa shape index (κ3) is 6.77. The first kappa shape index (κ1) is 21.0. The summed E-state index contributed by atoms with van der Waals surface area (Å²) in [6.07, 6.45) is 6.81. The summed E-state index contributed by atoms with van der Waals surface area (Å²) in [4.78, 5) is 26.3. The molecule has 1 aliphatic heterocycles. The molecule has 4 N–H and O–H groups in total. The zero-order valence-corrected chi connectivity index (χ0v) is 17.0. The Bertz CT molecular complexity index is 588. The van der Waals surface area contributed by atoms with Crippen molar-refractivity contribution in [1.82, 2.24) is 14.6 Å². The number of aromatic nitrogens is 1. The standard InChI is InChI=1S/C17H29N5O2S2/c1-2-3-6-12-25-16-13(14(18)23)15(26-21-16)20-17(24)19-8-7-11-22-9-4-5-10-22/h2-12H2,1H3,(H2,18,23)(H2,19,20,24). The molecule has 0 unspecified atom stereocenters. The number of rotatable bonds is 11. The van der Waals surface area contributed by atoms with E-state index in [0.29, 0.717) is 22.1 Å². The molecule has 0 radical (unpaired) electrons. The predicted octanol–water partition coefficient (Wildman–Crippen LogP) is 3.13. The molecule has 0 aliphatic carbocycles. The Balaban J connectivity index is 1.78. The summed E-state index contributed by atoms with van der Waals surface area (Å²) < 4.78 is 4.29. The monoisotopic (exact) mass is 399 g/mol. The second-order valence-corrected chi connectivity index (χ2v) is 8.25.